The molecule has 0 saturated heterocycles. The third-order valence-electron chi connectivity index (χ3n) is 2.98. The minimum absolute atomic E-state index is 0.0625. The molecule has 0 saturated carbocycles. The van der Waals surface area contributed by atoms with Gasteiger partial charge in [0.15, 0.2) is 5.78 Å². The molecule has 112 valence electrons. The van der Waals surface area contributed by atoms with Crippen LogP contribution in [0.5, 0.6) is 0 Å². The van der Waals surface area contributed by atoms with Gasteiger partial charge in [-0.15, -0.1) is 0 Å². The van der Waals surface area contributed by atoms with E-state index in [1.54, 1.807) is 12.1 Å². The lowest BCUT2D eigenvalue weighted by Crippen LogP contribution is -2.11. The van der Waals surface area contributed by atoms with Gasteiger partial charge in [0.25, 0.3) is 5.69 Å². The first-order valence-corrected chi connectivity index (χ1v) is 6.49. The van der Waals surface area contributed by atoms with Crippen LogP contribution in [-0.2, 0) is 4.74 Å². The number of hydrogen-bond donors (Lipinski definition) is 0. The molecule has 0 aliphatic carbocycles. The summed E-state index contributed by atoms with van der Waals surface area (Å²) in [7, 11) is 1.21. The van der Waals surface area contributed by atoms with Gasteiger partial charge in [-0.25, -0.2) is 4.79 Å². The molecule has 0 aliphatic heterocycles. The number of methoxy groups -OCH3 is 1. The first-order valence-electron chi connectivity index (χ1n) is 6.11. The summed E-state index contributed by atoms with van der Waals surface area (Å²) in [5.74, 6) is -1.19. The van der Waals surface area contributed by atoms with Gasteiger partial charge >= 0.3 is 5.97 Å². The predicted molar refractivity (Wildman–Crippen MR) is 79.3 cm³/mol. The van der Waals surface area contributed by atoms with E-state index in [-0.39, 0.29) is 27.4 Å². The standard InChI is InChI=1S/C15H10ClNO5/c1-22-15(19)11-5-3-2-4-10(11)14(18)9-6-7-12(16)13(8-9)17(20)21/h2-8H,1H3. The van der Waals surface area contributed by atoms with E-state index in [2.05, 4.69) is 4.74 Å². The van der Waals surface area contributed by atoms with Gasteiger partial charge in [0.05, 0.1) is 17.6 Å². The topological polar surface area (TPSA) is 86.5 Å². The second-order valence-electron chi connectivity index (χ2n) is 4.29. The van der Waals surface area contributed by atoms with Crippen molar-refractivity contribution in [2.24, 2.45) is 0 Å². The van der Waals surface area contributed by atoms with Gasteiger partial charge in [-0.05, 0) is 18.2 Å². The van der Waals surface area contributed by atoms with Crippen molar-refractivity contribution in [2.45, 2.75) is 0 Å². The SMILES string of the molecule is COC(=O)c1ccccc1C(=O)c1ccc(Cl)c([N+](=O)[O-])c1. The summed E-state index contributed by atoms with van der Waals surface area (Å²) >= 11 is 5.72. The Kier molecular flexibility index (Phi) is 4.53. The smallest absolute Gasteiger partial charge is 0.338 e. The van der Waals surface area contributed by atoms with Gasteiger partial charge in [-0.2, -0.15) is 0 Å². The lowest BCUT2D eigenvalue weighted by Gasteiger charge is -2.07. The molecule has 0 amide bonds. The predicted octanol–water partition coefficient (Wildman–Crippen LogP) is 3.27. The van der Waals surface area contributed by atoms with Crippen LogP contribution in [0.25, 0.3) is 0 Å². The van der Waals surface area contributed by atoms with Crippen molar-refractivity contribution in [3.05, 3.63) is 74.3 Å². The zero-order valence-electron chi connectivity index (χ0n) is 11.4. The number of benzene rings is 2. The van der Waals surface area contributed by atoms with Gasteiger partial charge in [-0.1, -0.05) is 29.8 Å². The van der Waals surface area contributed by atoms with Gasteiger partial charge in [-0.3, -0.25) is 14.9 Å². The van der Waals surface area contributed by atoms with Gasteiger partial charge in [0, 0.05) is 17.2 Å². The van der Waals surface area contributed by atoms with Crippen LogP contribution in [0.2, 0.25) is 5.02 Å². The van der Waals surface area contributed by atoms with Gasteiger partial charge < -0.3 is 4.74 Å². The van der Waals surface area contributed by atoms with Crippen molar-refractivity contribution >= 4 is 29.0 Å². The Balaban J connectivity index is 2.52. The van der Waals surface area contributed by atoms with Crippen molar-refractivity contribution < 1.29 is 19.2 Å². The van der Waals surface area contributed by atoms with Crippen molar-refractivity contribution in [2.75, 3.05) is 7.11 Å². The summed E-state index contributed by atoms with van der Waals surface area (Å²) in [4.78, 5) is 34.4. The van der Waals surface area contributed by atoms with Crippen LogP contribution < -0.4 is 0 Å². The van der Waals surface area contributed by atoms with Crippen LogP contribution in [0.1, 0.15) is 26.3 Å². The maximum Gasteiger partial charge on any atom is 0.338 e. The van der Waals surface area contributed by atoms with E-state index in [1.807, 2.05) is 0 Å². The fourth-order valence-electron chi connectivity index (χ4n) is 1.92. The highest BCUT2D eigenvalue weighted by atomic mass is 35.5. The molecule has 0 radical (unpaired) electrons. The Morgan fingerprint density at radius 3 is 2.36 bits per heavy atom. The van der Waals surface area contributed by atoms with Crippen LogP contribution in [0.4, 0.5) is 5.69 Å². The Bertz CT molecular complexity index is 772. The average Bonchev–Trinajstić information content (AvgIpc) is 2.53. The zero-order valence-corrected chi connectivity index (χ0v) is 12.2. The highest BCUT2D eigenvalue weighted by Gasteiger charge is 2.21. The van der Waals surface area contributed by atoms with Crippen molar-refractivity contribution in [1.82, 2.24) is 0 Å². The lowest BCUT2D eigenvalue weighted by molar-refractivity contribution is -0.384. The molecule has 0 bridgehead atoms. The van der Waals surface area contributed by atoms with E-state index < -0.39 is 16.7 Å². The summed E-state index contributed by atoms with van der Waals surface area (Å²) in [6.07, 6.45) is 0. The lowest BCUT2D eigenvalue weighted by atomic mass is 9.98. The third-order valence-corrected chi connectivity index (χ3v) is 3.30. The summed E-state index contributed by atoms with van der Waals surface area (Å²) in [6, 6.07) is 9.80. The molecule has 0 aliphatic rings. The number of nitro benzene ring substituents is 1. The van der Waals surface area contributed by atoms with E-state index in [1.165, 1.54) is 31.4 Å². The minimum atomic E-state index is -0.675. The molecule has 7 heteroatoms. The fourth-order valence-corrected chi connectivity index (χ4v) is 2.10. The molecule has 2 rings (SSSR count). The molecule has 0 heterocycles. The number of ketones is 1. The number of halogens is 1. The second kappa shape index (κ2) is 6.36. The highest BCUT2D eigenvalue weighted by molar-refractivity contribution is 6.32. The van der Waals surface area contributed by atoms with Crippen molar-refractivity contribution in [3.8, 4) is 0 Å². The van der Waals surface area contributed by atoms with E-state index in [4.69, 9.17) is 11.6 Å². The third kappa shape index (κ3) is 2.96. The first kappa shape index (κ1) is 15.7. The van der Waals surface area contributed by atoms with Crippen LogP contribution in [0.15, 0.2) is 42.5 Å². The van der Waals surface area contributed by atoms with Crippen molar-refractivity contribution in [3.63, 3.8) is 0 Å². The summed E-state index contributed by atoms with van der Waals surface area (Å²) in [5.41, 5.74) is -0.117. The van der Waals surface area contributed by atoms with Crippen LogP contribution in [0.3, 0.4) is 0 Å². The van der Waals surface area contributed by atoms with E-state index in [0.29, 0.717) is 0 Å². The molecule has 22 heavy (non-hydrogen) atoms. The number of nitrogens with zero attached hydrogens (tertiary/aromatic N) is 1. The quantitative estimate of drug-likeness (QED) is 0.373. The first-order chi connectivity index (χ1) is 10.5. The van der Waals surface area contributed by atoms with Crippen LogP contribution >= 0.6 is 11.6 Å². The summed E-state index contributed by atoms with van der Waals surface area (Å²) in [5, 5.41) is 10.8. The summed E-state index contributed by atoms with van der Waals surface area (Å²) in [6.45, 7) is 0. The molecule has 0 atom stereocenters. The average molecular weight is 320 g/mol. The summed E-state index contributed by atoms with van der Waals surface area (Å²) < 4.78 is 4.62. The Morgan fingerprint density at radius 2 is 1.77 bits per heavy atom. The molecule has 0 aromatic heterocycles. The maximum atomic E-state index is 12.5. The number of nitro groups is 1. The second-order valence-corrected chi connectivity index (χ2v) is 4.70. The normalized spacial score (nSPS) is 10.1. The molecular weight excluding hydrogens is 310 g/mol. The van der Waals surface area contributed by atoms with Crippen LogP contribution in [0, 0.1) is 10.1 Å². The fraction of sp³-hybridized carbons (Fsp3) is 0.0667. The largest absolute Gasteiger partial charge is 0.465 e. The van der Waals surface area contributed by atoms with Crippen molar-refractivity contribution in [1.29, 1.82) is 0 Å². The monoisotopic (exact) mass is 319 g/mol. The molecule has 0 unspecified atom stereocenters. The van der Waals surface area contributed by atoms with Crippen LogP contribution in [-0.4, -0.2) is 23.8 Å². The maximum absolute atomic E-state index is 12.5. The molecule has 0 fully saturated rings. The number of carbonyl (C=O) groups excluding carboxylic acids is 2. The molecule has 0 N–H and O–H groups in total. The Hall–Kier alpha value is -2.73. The molecule has 2 aromatic carbocycles. The minimum Gasteiger partial charge on any atom is -0.465 e. The number of carbonyl (C=O) groups is 2. The molecular formula is C15H10ClNO5. The number of esters is 1. The molecule has 0 spiro atoms. The zero-order chi connectivity index (χ0) is 16.3. The molecule has 2 aromatic rings. The Morgan fingerprint density at radius 1 is 1.14 bits per heavy atom. The number of rotatable bonds is 4. The van der Waals surface area contributed by atoms with E-state index >= 15 is 0 Å². The number of hydrogen-bond acceptors (Lipinski definition) is 5. The van der Waals surface area contributed by atoms with E-state index in [9.17, 15) is 19.7 Å². The highest BCUT2D eigenvalue weighted by Crippen LogP contribution is 2.26. The van der Waals surface area contributed by atoms with E-state index in [0.717, 1.165) is 6.07 Å². The molecule has 6 nitrogen and oxygen atoms in total. The van der Waals surface area contributed by atoms with Gasteiger partial charge in [0.1, 0.15) is 5.02 Å². The van der Waals surface area contributed by atoms with Gasteiger partial charge in [0.2, 0.25) is 0 Å². The Labute approximate surface area is 130 Å². The number of ether oxygens (including phenoxy) is 1.